The number of nitrogens with one attached hydrogen (secondary N) is 3. The van der Waals surface area contributed by atoms with Crippen LogP contribution in [0.2, 0.25) is 0 Å². The Kier molecular flexibility index (Phi) is 5.87. The lowest BCUT2D eigenvalue weighted by atomic mass is 10.1. The third-order valence-corrected chi connectivity index (χ3v) is 4.88. The molecule has 2 fully saturated rings. The van der Waals surface area contributed by atoms with Crippen molar-refractivity contribution >= 4 is 11.8 Å². The zero-order chi connectivity index (χ0) is 16.8. The Morgan fingerprint density at radius 3 is 2.62 bits per heavy atom. The van der Waals surface area contributed by atoms with Gasteiger partial charge in [0.2, 0.25) is 0 Å². The summed E-state index contributed by atoms with van der Waals surface area (Å²) in [5, 5.41) is 5.58. The van der Waals surface area contributed by atoms with Crippen molar-refractivity contribution in [2.75, 3.05) is 32.8 Å². The lowest BCUT2D eigenvalue weighted by Gasteiger charge is -2.30. The average molecular weight is 336 g/mol. The number of quaternary nitrogens is 1. The zero-order valence-electron chi connectivity index (χ0n) is 13.9. The minimum Gasteiger partial charge on any atom is -0.463 e. The van der Waals surface area contributed by atoms with Gasteiger partial charge in [0.05, 0.1) is 26.0 Å². The molecule has 1 aliphatic heterocycles. The van der Waals surface area contributed by atoms with E-state index in [1.165, 1.54) is 4.90 Å². The van der Waals surface area contributed by atoms with Gasteiger partial charge in [-0.1, -0.05) is 12.8 Å². The summed E-state index contributed by atoms with van der Waals surface area (Å²) >= 11 is 0. The largest absolute Gasteiger partial charge is 0.463 e. The monoisotopic (exact) mass is 336 g/mol. The summed E-state index contributed by atoms with van der Waals surface area (Å²) in [5.74, 6) is -0.272. The molecule has 2 amide bonds. The number of rotatable bonds is 5. The summed E-state index contributed by atoms with van der Waals surface area (Å²) in [6.07, 6.45) is 5.80. The van der Waals surface area contributed by atoms with Gasteiger partial charge in [-0.25, -0.2) is 0 Å². The van der Waals surface area contributed by atoms with Crippen LogP contribution in [0.15, 0.2) is 22.8 Å². The molecule has 0 unspecified atom stereocenters. The molecule has 3 N–H and O–H groups in total. The normalized spacial score (nSPS) is 20.7. The van der Waals surface area contributed by atoms with Crippen LogP contribution < -0.4 is 15.5 Å². The maximum absolute atomic E-state index is 12.1. The van der Waals surface area contributed by atoms with Crippen LogP contribution >= 0.6 is 0 Å². The average Bonchev–Trinajstić information content (AvgIpc) is 3.30. The Bertz CT molecular complexity index is 534. The lowest BCUT2D eigenvalue weighted by Crippen LogP contribution is -3.15. The summed E-state index contributed by atoms with van der Waals surface area (Å²) in [6.45, 7) is 3.48. The molecule has 0 radical (unpaired) electrons. The molecule has 132 valence electrons. The third kappa shape index (κ3) is 4.36. The quantitative estimate of drug-likeness (QED) is 0.628. The fraction of sp³-hybridized carbons (Fsp3) is 0.647. The van der Waals surface area contributed by atoms with Gasteiger partial charge in [0.25, 0.3) is 0 Å². The van der Waals surface area contributed by atoms with Crippen LogP contribution in [-0.4, -0.2) is 50.7 Å². The number of hydrogen-bond donors (Lipinski definition) is 3. The van der Waals surface area contributed by atoms with Crippen molar-refractivity contribution in [3.8, 4) is 0 Å². The van der Waals surface area contributed by atoms with Crippen LogP contribution in [0, 0.1) is 0 Å². The SMILES string of the molecule is O=C(NC[C@@H](c1ccco1)[NH+]1CCOCC1)C(=O)NC1CCCC1. The van der Waals surface area contributed by atoms with Crippen molar-refractivity contribution in [3.05, 3.63) is 24.2 Å². The van der Waals surface area contributed by atoms with Gasteiger partial charge in [-0.05, 0) is 25.0 Å². The highest BCUT2D eigenvalue weighted by atomic mass is 16.5. The van der Waals surface area contributed by atoms with E-state index in [4.69, 9.17) is 9.15 Å². The Morgan fingerprint density at radius 2 is 1.96 bits per heavy atom. The first-order valence-corrected chi connectivity index (χ1v) is 8.78. The van der Waals surface area contributed by atoms with Crippen molar-refractivity contribution in [1.29, 1.82) is 0 Å². The summed E-state index contributed by atoms with van der Waals surface area (Å²) in [7, 11) is 0. The van der Waals surface area contributed by atoms with Crippen LogP contribution in [-0.2, 0) is 14.3 Å². The number of carbonyl (C=O) groups excluding carboxylic acids is 2. The van der Waals surface area contributed by atoms with Crippen LogP contribution in [0.25, 0.3) is 0 Å². The number of furan rings is 1. The molecule has 1 aliphatic carbocycles. The lowest BCUT2D eigenvalue weighted by molar-refractivity contribution is -0.938. The maximum atomic E-state index is 12.1. The predicted octanol–water partition coefficient (Wildman–Crippen LogP) is -0.589. The third-order valence-electron chi connectivity index (χ3n) is 4.88. The van der Waals surface area contributed by atoms with Gasteiger partial charge in [0.15, 0.2) is 11.8 Å². The first-order chi connectivity index (χ1) is 11.7. The molecule has 1 saturated carbocycles. The smallest absolute Gasteiger partial charge is 0.309 e. The van der Waals surface area contributed by atoms with Crippen molar-refractivity contribution < 1.29 is 23.6 Å². The number of carbonyl (C=O) groups is 2. The minimum atomic E-state index is -0.564. The van der Waals surface area contributed by atoms with Crippen molar-refractivity contribution in [2.24, 2.45) is 0 Å². The van der Waals surface area contributed by atoms with Gasteiger partial charge < -0.3 is 24.7 Å². The van der Waals surface area contributed by atoms with Crippen molar-refractivity contribution in [3.63, 3.8) is 0 Å². The zero-order valence-corrected chi connectivity index (χ0v) is 13.9. The molecule has 0 aromatic carbocycles. The molecule has 0 spiro atoms. The standard InChI is InChI=1S/C17H25N3O4/c21-16(17(22)19-13-4-1-2-5-13)18-12-14(15-6-3-9-24-15)20-7-10-23-11-8-20/h3,6,9,13-14H,1-2,4-5,7-8,10-12H2,(H,18,21)(H,19,22)/p+1/t14-/m0/s1. The van der Waals surface area contributed by atoms with Gasteiger partial charge in [-0.3, -0.25) is 9.59 Å². The highest BCUT2D eigenvalue weighted by Crippen LogP contribution is 2.17. The van der Waals surface area contributed by atoms with E-state index < -0.39 is 11.8 Å². The Hall–Kier alpha value is -1.86. The van der Waals surface area contributed by atoms with Gasteiger partial charge >= 0.3 is 11.8 Å². The molecular formula is C17H26N3O4+. The van der Waals surface area contributed by atoms with E-state index in [2.05, 4.69) is 10.6 Å². The molecule has 7 heteroatoms. The van der Waals surface area contributed by atoms with E-state index in [9.17, 15) is 9.59 Å². The second-order valence-electron chi connectivity index (χ2n) is 6.50. The van der Waals surface area contributed by atoms with Crippen LogP contribution in [0.1, 0.15) is 37.5 Å². The van der Waals surface area contributed by atoms with Crippen LogP contribution in [0.3, 0.4) is 0 Å². The second-order valence-corrected chi connectivity index (χ2v) is 6.50. The fourth-order valence-electron chi connectivity index (χ4n) is 3.51. The number of hydrogen-bond acceptors (Lipinski definition) is 4. The van der Waals surface area contributed by atoms with Crippen molar-refractivity contribution in [1.82, 2.24) is 10.6 Å². The minimum absolute atomic E-state index is 0.00729. The maximum Gasteiger partial charge on any atom is 0.309 e. The van der Waals surface area contributed by atoms with Crippen LogP contribution in [0.4, 0.5) is 0 Å². The molecule has 1 aromatic rings. The van der Waals surface area contributed by atoms with Gasteiger partial charge in [0.1, 0.15) is 13.1 Å². The van der Waals surface area contributed by atoms with Crippen LogP contribution in [0.5, 0.6) is 0 Å². The van der Waals surface area contributed by atoms with E-state index in [-0.39, 0.29) is 12.1 Å². The molecule has 7 nitrogen and oxygen atoms in total. The van der Waals surface area contributed by atoms with E-state index in [0.717, 1.165) is 44.5 Å². The summed E-state index contributed by atoms with van der Waals surface area (Å²) < 4.78 is 10.9. The first-order valence-electron chi connectivity index (χ1n) is 8.78. The predicted molar refractivity (Wildman–Crippen MR) is 86.4 cm³/mol. The highest BCUT2D eigenvalue weighted by molar-refractivity contribution is 6.35. The van der Waals surface area contributed by atoms with Gasteiger partial charge in [-0.2, -0.15) is 0 Å². The topological polar surface area (TPSA) is 85.0 Å². The van der Waals surface area contributed by atoms with E-state index >= 15 is 0 Å². The summed E-state index contributed by atoms with van der Waals surface area (Å²) in [6, 6.07) is 3.90. The Balaban J connectivity index is 1.54. The summed E-state index contributed by atoms with van der Waals surface area (Å²) in [5.41, 5.74) is 0. The molecule has 1 aromatic heterocycles. The molecule has 0 bridgehead atoms. The number of morpholine rings is 1. The molecule has 3 rings (SSSR count). The Labute approximate surface area is 141 Å². The number of amides is 2. The van der Waals surface area contributed by atoms with E-state index in [0.29, 0.717) is 19.8 Å². The second kappa shape index (κ2) is 8.30. The molecule has 2 heterocycles. The molecule has 1 atom stereocenters. The molecule has 24 heavy (non-hydrogen) atoms. The van der Waals surface area contributed by atoms with E-state index in [1.807, 2.05) is 12.1 Å². The molecular weight excluding hydrogens is 310 g/mol. The van der Waals surface area contributed by atoms with Gasteiger partial charge in [-0.15, -0.1) is 0 Å². The summed E-state index contributed by atoms with van der Waals surface area (Å²) in [4.78, 5) is 25.4. The fourth-order valence-corrected chi connectivity index (χ4v) is 3.51. The van der Waals surface area contributed by atoms with E-state index in [1.54, 1.807) is 6.26 Å². The molecule has 2 aliphatic rings. The first kappa shape index (κ1) is 17.0. The van der Waals surface area contributed by atoms with Crippen molar-refractivity contribution in [2.45, 2.75) is 37.8 Å². The van der Waals surface area contributed by atoms with Gasteiger partial charge in [0, 0.05) is 6.04 Å². The molecule has 1 saturated heterocycles. The Morgan fingerprint density at radius 1 is 1.21 bits per heavy atom. The highest BCUT2D eigenvalue weighted by Gasteiger charge is 2.30. The number of ether oxygens (including phenoxy) is 1.